The molecule has 11 heteroatoms. The summed E-state index contributed by atoms with van der Waals surface area (Å²) in [6, 6.07) is 8.12. The standard InChI is InChI=1S/C27H29ClF2N2O5S/c1-36-25-11-9-20(17-26(25)37-2)38(34,35)32(14-13-31-12-4-7-27(31)33)24-10-8-19(28)15-18(24)16-21-22(29)5-3-6-23(21)30/h3,5-6,8-11,15,20H,4,7,12-14,16-17H2,1-2H3. The van der Waals surface area contributed by atoms with Gasteiger partial charge in [0.05, 0.1) is 26.5 Å². The van der Waals surface area contributed by atoms with E-state index in [1.807, 2.05) is 0 Å². The molecule has 0 saturated carbocycles. The summed E-state index contributed by atoms with van der Waals surface area (Å²) in [5, 5.41) is -0.709. The van der Waals surface area contributed by atoms with E-state index in [0.717, 1.165) is 12.1 Å². The highest BCUT2D eigenvalue weighted by molar-refractivity contribution is 7.93. The first kappa shape index (κ1) is 27.9. The van der Waals surface area contributed by atoms with Gasteiger partial charge in [0.15, 0.2) is 5.76 Å². The predicted octanol–water partition coefficient (Wildman–Crippen LogP) is 4.80. The normalized spacial score (nSPS) is 17.8. The van der Waals surface area contributed by atoms with E-state index in [2.05, 4.69) is 0 Å². The van der Waals surface area contributed by atoms with Crippen LogP contribution in [0.25, 0.3) is 0 Å². The summed E-state index contributed by atoms with van der Waals surface area (Å²) in [7, 11) is -1.19. The number of ether oxygens (including phenoxy) is 2. The lowest BCUT2D eigenvalue weighted by molar-refractivity contribution is -0.127. The number of carbonyl (C=O) groups is 1. The van der Waals surface area contributed by atoms with Gasteiger partial charge in [-0.3, -0.25) is 9.10 Å². The zero-order chi connectivity index (χ0) is 27.4. The first-order chi connectivity index (χ1) is 18.1. The average molecular weight is 567 g/mol. The van der Waals surface area contributed by atoms with Gasteiger partial charge in [-0.15, -0.1) is 0 Å². The molecule has 1 amide bonds. The van der Waals surface area contributed by atoms with Crippen molar-refractivity contribution in [3.8, 4) is 0 Å². The maximum absolute atomic E-state index is 14.6. The number of hydrogen-bond acceptors (Lipinski definition) is 5. The Bertz CT molecular complexity index is 1360. The monoisotopic (exact) mass is 566 g/mol. The number of amides is 1. The Morgan fingerprint density at radius 2 is 1.87 bits per heavy atom. The van der Waals surface area contributed by atoms with E-state index >= 15 is 0 Å². The third-order valence-electron chi connectivity index (χ3n) is 6.76. The van der Waals surface area contributed by atoms with Crippen LogP contribution >= 0.6 is 11.6 Å². The molecule has 0 N–H and O–H groups in total. The minimum atomic E-state index is -4.10. The van der Waals surface area contributed by atoms with Crippen LogP contribution in [0.4, 0.5) is 14.5 Å². The van der Waals surface area contributed by atoms with E-state index in [-0.39, 0.29) is 43.1 Å². The molecule has 2 aromatic carbocycles. The average Bonchev–Trinajstić information content (AvgIpc) is 3.31. The molecule has 0 spiro atoms. The molecular formula is C27H29ClF2N2O5S. The Morgan fingerprint density at radius 3 is 2.50 bits per heavy atom. The van der Waals surface area contributed by atoms with E-state index in [0.29, 0.717) is 41.5 Å². The molecule has 1 heterocycles. The first-order valence-electron chi connectivity index (χ1n) is 12.2. The SMILES string of the molecule is COC1=C(OC)CC(S(=O)(=O)N(CCN2CCCC2=O)c2ccc(Cl)cc2Cc2c(F)cccc2F)C=C1. The van der Waals surface area contributed by atoms with Gasteiger partial charge in [0.2, 0.25) is 15.9 Å². The van der Waals surface area contributed by atoms with Crippen LogP contribution in [-0.2, 0) is 30.7 Å². The molecule has 204 valence electrons. The van der Waals surface area contributed by atoms with Gasteiger partial charge in [-0.25, -0.2) is 17.2 Å². The summed E-state index contributed by atoms with van der Waals surface area (Å²) < 4.78 is 69.2. The molecule has 1 aliphatic heterocycles. The van der Waals surface area contributed by atoms with Gasteiger partial charge in [0.25, 0.3) is 0 Å². The van der Waals surface area contributed by atoms with E-state index < -0.39 is 26.9 Å². The smallest absolute Gasteiger partial charge is 0.242 e. The van der Waals surface area contributed by atoms with Gasteiger partial charge < -0.3 is 14.4 Å². The third kappa shape index (κ3) is 5.81. The number of allylic oxidation sites excluding steroid dienone is 2. The minimum absolute atomic E-state index is 0.0303. The molecule has 1 unspecified atom stereocenters. The fourth-order valence-electron chi connectivity index (χ4n) is 4.74. The molecule has 4 rings (SSSR count). The van der Waals surface area contributed by atoms with Crippen LogP contribution in [0.5, 0.6) is 0 Å². The predicted molar refractivity (Wildman–Crippen MR) is 141 cm³/mol. The van der Waals surface area contributed by atoms with Crippen molar-refractivity contribution in [3.05, 3.63) is 87.9 Å². The summed E-state index contributed by atoms with van der Waals surface area (Å²) in [6.45, 7) is 0.661. The molecule has 2 aliphatic rings. The largest absolute Gasteiger partial charge is 0.497 e. The van der Waals surface area contributed by atoms with Gasteiger partial charge in [-0.2, -0.15) is 0 Å². The Labute approximate surface area is 226 Å². The van der Waals surface area contributed by atoms with E-state index in [1.54, 1.807) is 11.0 Å². The van der Waals surface area contributed by atoms with Gasteiger partial charge in [0.1, 0.15) is 22.6 Å². The fraction of sp³-hybridized carbons (Fsp3) is 0.370. The Morgan fingerprint density at radius 1 is 1.13 bits per heavy atom. The maximum atomic E-state index is 14.6. The Balaban J connectivity index is 1.76. The molecule has 1 aliphatic carbocycles. The highest BCUT2D eigenvalue weighted by Gasteiger charge is 2.36. The number of anilines is 1. The van der Waals surface area contributed by atoms with E-state index in [1.165, 1.54) is 48.9 Å². The van der Waals surface area contributed by atoms with Crippen LogP contribution < -0.4 is 4.31 Å². The van der Waals surface area contributed by atoms with Gasteiger partial charge in [0, 0.05) is 42.9 Å². The molecule has 0 radical (unpaired) electrons. The first-order valence-corrected chi connectivity index (χ1v) is 14.0. The lowest BCUT2D eigenvalue weighted by Crippen LogP contribution is -2.44. The third-order valence-corrected chi connectivity index (χ3v) is 9.08. The van der Waals surface area contributed by atoms with Crippen LogP contribution in [0.1, 0.15) is 30.4 Å². The van der Waals surface area contributed by atoms with Crippen LogP contribution in [0, 0.1) is 11.6 Å². The Hall–Kier alpha value is -3.11. The van der Waals surface area contributed by atoms with Crippen molar-refractivity contribution in [1.82, 2.24) is 4.90 Å². The number of likely N-dealkylation sites (tertiary alicyclic amines) is 1. The molecular weight excluding hydrogens is 538 g/mol. The van der Waals surface area contributed by atoms with Gasteiger partial charge in [-0.1, -0.05) is 23.7 Å². The summed E-state index contributed by atoms with van der Waals surface area (Å²) in [5.41, 5.74) is 0.366. The number of halogens is 3. The lowest BCUT2D eigenvalue weighted by atomic mass is 10.0. The van der Waals surface area contributed by atoms with Crippen molar-refractivity contribution in [3.63, 3.8) is 0 Å². The number of hydrogen-bond donors (Lipinski definition) is 0. The zero-order valence-electron chi connectivity index (χ0n) is 21.1. The van der Waals surface area contributed by atoms with Crippen LogP contribution in [0.2, 0.25) is 5.02 Å². The maximum Gasteiger partial charge on any atom is 0.242 e. The summed E-state index contributed by atoms with van der Waals surface area (Å²) in [6.07, 6.45) is 4.00. The van der Waals surface area contributed by atoms with Crippen LogP contribution in [-0.4, -0.2) is 58.3 Å². The molecule has 1 atom stereocenters. The van der Waals surface area contributed by atoms with Crippen molar-refractivity contribution in [2.24, 2.45) is 0 Å². The summed E-state index contributed by atoms with van der Waals surface area (Å²) in [5.74, 6) is -0.729. The highest BCUT2D eigenvalue weighted by atomic mass is 35.5. The molecule has 1 saturated heterocycles. The van der Waals surface area contributed by atoms with Gasteiger partial charge >= 0.3 is 0 Å². The van der Waals surface area contributed by atoms with Crippen molar-refractivity contribution < 1.29 is 31.5 Å². The molecule has 2 aromatic rings. The van der Waals surface area contributed by atoms with E-state index in [4.69, 9.17) is 21.1 Å². The number of sulfonamides is 1. The minimum Gasteiger partial charge on any atom is -0.497 e. The number of carbonyl (C=O) groups excluding carboxylic acids is 1. The van der Waals surface area contributed by atoms with Crippen molar-refractivity contribution in [1.29, 1.82) is 0 Å². The molecule has 7 nitrogen and oxygen atoms in total. The number of methoxy groups -OCH3 is 2. The zero-order valence-corrected chi connectivity index (χ0v) is 22.7. The van der Waals surface area contributed by atoms with Gasteiger partial charge in [-0.05, 0) is 48.4 Å². The fourth-order valence-corrected chi connectivity index (χ4v) is 6.69. The molecule has 0 aromatic heterocycles. The lowest BCUT2D eigenvalue weighted by Gasteiger charge is -2.32. The van der Waals surface area contributed by atoms with Crippen molar-refractivity contribution >= 4 is 33.2 Å². The van der Waals surface area contributed by atoms with Crippen molar-refractivity contribution in [2.45, 2.75) is 30.9 Å². The molecule has 0 bridgehead atoms. The number of benzene rings is 2. The molecule has 38 heavy (non-hydrogen) atoms. The van der Waals surface area contributed by atoms with E-state index in [9.17, 15) is 22.0 Å². The number of nitrogens with zero attached hydrogens (tertiary/aromatic N) is 2. The Kier molecular flexibility index (Phi) is 8.62. The second-order valence-electron chi connectivity index (χ2n) is 9.05. The highest BCUT2D eigenvalue weighted by Crippen LogP contribution is 2.34. The van der Waals surface area contributed by atoms with Crippen LogP contribution in [0.15, 0.2) is 60.1 Å². The summed E-state index contributed by atoms with van der Waals surface area (Å²) in [4.78, 5) is 13.9. The van der Waals surface area contributed by atoms with Crippen molar-refractivity contribution in [2.75, 3.05) is 38.2 Å². The second kappa shape index (κ2) is 11.7. The summed E-state index contributed by atoms with van der Waals surface area (Å²) >= 11 is 6.24. The second-order valence-corrected chi connectivity index (χ2v) is 11.6. The van der Waals surface area contributed by atoms with Crippen LogP contribution in [0.3, 0.4) is 0 Å². The number of rotatable bonds is 10. The topological polar surface area (TPSA) is 76.2 Å². The molecule has 1 fully saturated rings. The quantitative estimate of drug-likeness (QED) is 0.413.